The zero-order valence-electron chi connectivity index (χ0n) is 13.7. The van der Waals surface area contributed by atoms with E-state index in [0.717, 1.165) is 36.1 Å². The number of hydrogen-bond acceptors (Lipinski definition) is 2. The summed E-state index contributed by atoms with van der Waals surface area (Å²) >= 11 is 6.08. The van der Waals surface area contributed by atoms with E-state index in [1.807, 2.05) is 12.1 Å². The fourth-order valence-corrected chi connectivity index (χ4v) is 3.62. The van der Waals surface area contributed by atoms with Crippen LogP contribution in [0, 0.1) is 0 Å². The van der Waals surface area contributed by atoms with E-state index in [1.54, 1.807) is 0 Å². The third-order valence-electron chi connectivity index (χ3n) is 4.80. The molecule has 2 aromatic carbocycles. The molecule has 0 atom stereocenters. The molecule has 0 spiro atoms. The summed E-state index contributed by atoms with van der Waals surface area (Å²) in [5.74, 6) is 1.11. The number of aliphatic imine (C=N–C) groups is 1. The monoisotopic (exact) mass is 336 g/mol. The number of likely N-dealkylation sites (tertiary alicyclic amines) is 1. The first-order valence-electron chi connectivity index (χ1n) is 8.69. The Morgan fingerprint density at radius 1 is 0.875 bits per heavy atom. The Bertz CT molecular complexity index is 784. The first-order valence-corrected chi connectivity index (χ1v) is 9.07. The topological polar surface area (TPSA) is 15.6 Å². The number of hydrogen-bond donors (Lipinski definition) is 0. The summed E-state index contributed by atoms with van der Waals surface area (Å²) < 4.78 is 0. The van der Waals surface area contributed by atoms with E-state index >= 15 is 0 Å². The molecule has 2 heterocycles. The van der Waals surface area contributed by atoms with Crippen LogP contribution in [-0.2, 0) is 6.42 Å². The smallest absolute Gasteiger partial charge is 0.136 e. The third kappa shape index (κ3) is 3.11. The molecule has 1 fully saturated rings. The first-order chi connectivity index (χ1) is 11.8. The maximum Gasteiger partial charge on any atom is 0.136 e. The summed E-state index contributed by atoms with van der Waals surface area (Å²) in [4.78, 5) is 7.53. The molecule has 0 aromatic heterocycles. The van der Waals surface area contributed by atoms with Crippen LogP contribution in [0.15, 0.2) is 59.6 Å². The number of rotatable bonds is 1. The van der Waals surface area contributed by atoms with E-state index in [2.05, 4.69) is 47.4 Å². The number of amidine groups is 1. The second kappa shape index (κ2) is 6.82. The van der Waals surface area contributed by atoms with Crippen molar-refractivity contribution in [3.8, 4) is 0 Å². The standard InChI is InChI=1S/C21H21ClN2/c22-18-11-8-16(9-12-18)19-13-10-17-6-2-3-7-20(17)23-21(19)24-14-4-1-5-15-24/h2-3,6-9,11-13H,1,4-5,10,14-15H2. The van der Waals surface area contributed by atoms with Crippen molar-refractivity contribution in [2.75, 3.05) is 13.1 Å². The van der Waals surface area contributed by atoms with Crippen LogP contribution < -0.4 is 0 Å². The lowest BCUT2D eigenvalue weighted by Crippen LogP contribution is -2.36. The van der Waals surface area contributed by atoms with Crippen molar-refractivity contribution in [2.45, 2.75) is 25.7 Å². The molecule has 0 amide bonds. The predicted molar refractivity (Wildman–Crippen MR) is 102 cm³/mol. The molecule has 1 saturated heterocycles. The minimum absolute atomic E-state index is 0.771. The van der Waals surface area contributed by atoms with Gasteiger partial charge in [-0.15, -0.1) is 0 Å². The van der Waals surface area contributed by atoms with E-state index in [4.69, 9.17) is 16.6 Å². The number of allylic oxidation sites excluding steroid dienone is 1. The van der Waals surface area contributed by atoms with Gasteiger partial charge in [0.15, 0.2) is 0 Å². The van der Waals surface area contributed by atoms with Crippen molar-refractivity contribution >= 4 is 28.7 Å². The van der Waals surface area contributed by atoms with E-state index in [1.165, 1.54) is 36.0 Å². The highest BCUT2D eigenvalue weighted by Crippen LogP contribution is 2.31. The average molecular weight is 337 g/mol. The van der Waals surface area contributed by atoms with Crippen molar-refractivity contribution in [1.29, 1.82) is 0 Å². The second-order valence-corrected chi connectivity index (χ2v) is 6.88. The number of halogens is 1. The van der Waals surface area contributed by atoms with E-state index in [-0.39, 0.29) is 0 Å². The lowest BCUT2D eigenvalue weighted by molar-refractivity contribution is 0.345. The molecule has 2 nitrogen and oxygen atoms in total. The zero-order valence-corrected chi connectivity index (χ0v) is 14.5. The van der Waals surface area contributed by atoms with Crippen molar-refractivity contribution < 1.29 is 0 Å². The molecule has 24 heavy (non-hydrogen) atoms. The molecule has 0 bridgehead atoms. The zero-order chi connectivity index (χ0) is 16.4. The largest absolute Gasteiger partial charge is 0.356 e. The molecule has 0 aliphatic carbocycles. The quantitative estimate of drug-likeness (QED) is 0.671. The molecule has 0 unspecified atom stereocenters. The molecule has 0 N–H and O–H groups in total. The normalized spacial score (nSPS) is 17.6. The number of nitrogens with zero attached hydrogens (tertiary/aromatic N) is 2. The molecular formula is C21H21ClN2. The van der Waals surface area contributed by atoms with Gasteiger partial charge in [0.25, 0.3) is 0 Å². The van der Waals surface area contributed by atoms with Gasteiger partial charge >= 0.3 is 0 Å². The van der Waals surface area contributed by atoms with Gasteiger partial charge in [-0.05, 0) is 55.0 Å². The van der Waals surface area contributed by atoms with Gasteiger partial charge in [0.1, 0.15) is 5.84 Å². The van der Waals surface area contributed by atoms with Crippen LogP contribution in [0.2, 0.25) is 5.02 Å². The van der Waals surface area contributed by atoms with Crippen molar-refractivity contribution in [1.82, 2.24) is 4.90 Å². The van der Waals surface area contributed by atoms with Crippen molar-refractivity contribution in [3.05, 3.63) is 70.8 Å². The van der Waals surface area contributed by atoms with Gasteiger partial charge in [-0.1, -0.05) is 48.0 Å². The van der Waals surface area contributed by atoms with Crippen LogP contribution in [0.4, 0.5) is 5.69 Å². The lowest BCUT2D eigenvalue weighted by atomic mass is 10.0. The van der Waals surface area contributed by atoms with Crippen molar-refractivity contribution in [2.24, 2.45) is 4.99 Å². The Balaban J connectivity index is 1.80. The Labute approximate surface area is 148 Å². The highest BCUT2D eigenvalue weighted by atomic mass is 35.5. The van der Waals surface area contributed by atoms with Gasteiger partial charge in [-0.25, -0.2) is 4.99 Å². The summed E-state index contributed by atoms with van der Waals surface area (Å²) in [7, 11) is 0. The number of para-hydroxylation sites is 1. The van der Waals surface area contributed by atoms with Gasteiger partial charge in [0.05, 0.1) is 5.69 Å². The summed E-state index contributed by atoms with van der Waals surface area (Å²) in [5, 5.41) is 0.771. The Morgan fingerprint density at radius 2 is 1.62 bits per heavy atom. The summed E-state index contributed by atoms with van der Waals surface area (Å²) in [6.07, 6.45) is 7.04. The predicted octanol–water partition coefficient (Wildman–Crippen LogP) is 5.50. The van der Waals surface area contributed by atoms with Crippen LogP contribution in [0.5, 0.6) is 0 Å². The number of fused-ring (bicyclic) bond motifs is 1. The van der Waals surface area contributed by atoms with Crippen molar-refractivity contribution in [3.63, 3.8) is 0 Å². The van der Waals surface area contributed by atoms with Crippen LogP contribution >= 0.6 is 11.6 Å². The minimum atomic E-state index is 0.771. The first kappa shape index (κ1) is 15.5. The van der Waals surface area contributed by atoms with Gasteiger partial charge in [0, 0.05) is 23.7 Å². The lowest BCUT2D eigenvalue weighted by Gasteiger charge is -2.31. The van der Waals surface area contributed by atoms with Gasteiger partial charge in [0.2, 0.25) is 0 Å². The number of benzene rings is 2. The summed E-state index contributed by atoms with van der Waals surface area (Å²) in [6.45, 7) is 2.18. The SMILES string of the molecule is Clc1ccc(C2=CCc3ccccc3N=C2N2CCCCC2)cc1. The van der Waals surface area contributed by atoms with E-state index in [9.17, 15) is 0 Å². The molecule has 2 aromatic rings. The molecule has 2 aliphatic rings. The molecule has 4 rings (SSSR count). The second-order valence-electron chi connectivity index (χ2n) is 6.44. The van der Waals surface area contributed by atoms with Crippen LogP contribution in [0.1, 0.15) is 30.4 Å². The van der Waals surface area contributed by atoms with Gasteiger partial charge < -0.3 is 4.90 Å². The van der Waals surface area contributed by atoms with Crippen LogP contribution in [-0.4, -0.2) is 23.8 Å². The fourth-order valence-electron chi connectivity index (χ4n) is 3.49. The van der Waals surface area contributed by atoms with Crippen LogP contribution in [0.3, 0.4) is 0 Å². The summed E-state index contributed by atoms with van der Waals surface area (Å²) in [5.41, 5.74) is 4.80. The Hall–Kier alpha value is -2.06. The number of piperidine rings is 1. The van der Waals surface area contributed by atoms with Gasteiger partial charge in [-0.2, -0.15) is 0 Å². The molecule has 2 aliphatic heterocycles. The van der Waals surface area contributed by atoms with Crippen LogP contribution in [0.25, 0.3) is 5.57 Å². The maximum atomic E-state index is 6.08. The average Bonchev–Trinajstić information content (AvgIpc) is 2.83. The van der Waals surface area contributed by atoms with E-state index < -0.39 is 0 Å². The molecule has 3 heteroatoms. The maximum absolute atomic E-state index is 6.08. The molecule has 0 radical (unpaired) electrons. The van der Waals surface area contributed by atoms with E-state index in [0.29, 0.717) is 0 Å². The Morgan fingerprint density at radius 3 is 2.42 bits per heavy atom. The highest BCUT2D eigenvalue weighted by molar-refractivity contribution is 6.30. The third-order valence-corrected chi connectivity index (χ3v) is 5.05. The molecule has 122 valence electrons. The minimum Gasteiger partial charge on any atom is -0.356 e. The fraction of sp³-hybridized carbons (Fsp3) is 0.286. The highest BCUT2D eigenvalue weighted by Gasteiger charge is 2.22. The van der Waals surface area contributed by atoms with Gasteiger partial charge in [-0.3, -0.25) is 0 Å². The summed E-state index contributed by atoms with van der Waals surface area (Å²) in [6, 6.07) is 16.6. The molecule has 0 saturated carbocycles. The molecular weight excluding hydrogens is 316 g/mol. The Kier molecular flexibility index (Phi) is 4.40.